The number of hydrogen-bond acceptors (Lipinski definition) is 12. The Morgan fingerprint density at radius 3 is 1.85 bits per heavy atom. The third kappa shape index (κ3) is 10.3. The smallest absolute Gasteiger partial charge is 0.338 e. The number of hydrogen-bond donors (Lipinski definition) is 3. The minimum absolute atomic E-state index is 0.100. The molecular weight excluding hydrogens is 799 g/mol. The monoisotopic (exact) mass is 845 g/mol. The summed E-state index contributed by atoms with van der Waals surface area (Å²) in [6.07, 6.45) is -4.21. The van der Waals surface area contributed by atoms with E-state index in [4.69, 9.17) is 29.2 Å². The minimum atomic E-state index is -3.72. The molecule has 1 aliphatic rings. The van der Waals surface area contributed by atoms with Crippen molar-refractivity contribution in [1.29, 1.82) is 0 Å². The van der Waals surface area contributed by atoms with Crippen LogP contribution in [0.3, 0.4) is 0 Å². The zero-order valence-electron chi connectivity index (χ0n) is 33.9. The second-order valence-electron chi connectivity index (χ2n) is 14.9. The predicted molar refractivity (Wildman–Crippen MR) is 228 cm³/mol. The topological polar surface area (TPSA) is 193 Å². The number of sulfonamides is 1. The Bertz CT molecular complexity index is 2500. The molecule has 16 heteroatoms. The summed E-state index contributed by atoms with van der Waals surface area (Å²) in [6, 6.07) is 36.4. The number of amides is 1. The molecule has 0 spiro atoms. The van der Waals surface area contributed by atoms with Crippen LogP contribution in [0.5, 0.6) is 0 Å². The molecule has 4 unspecified atom stereocenters. The lowest BCUT2D eigenvalue weighted by Crippen LogP contribution is -2.46. The fraction of sp³-hybridized carbons (Fsp3) is 0.289. The highest BCUT2D eigenvalue weighted by Crippen LogP contribution is 2.38. The lowest BCUT2D eigenvalue weighted by Gasteiger charge is -2.25. The molecule has 1 amide bonds. The van der Waals surface area contributed by atoms with Gasteiger partial charge in [-0.1, -0.05) is 111 Å². The van der Waals surface area contributed by atoms with E-state index in [9.17, 15) is 22.8 Å². The number of carbonyl (C=O) groups excluding carboxylic acids is 3. The van der Waals surface area contributed by atoms with E-state index in [1.54, 1.807) is 81.4 Å². The molecule has 0 aliphatic carbocycles. The first-order valence-electron chi connectivity index (χ1n) is 20.0. The van der Waals surface area contributed by atoms with Crippen LogP contribution < -0.4 is 15.4 Å². The molecule has 0 bridgehead atoms. The van der Waals surface area contributed by atoms with Gasteiger partial charge in [0.05, 0.1) is 29.8 Å². The van der Waals surface area contributed by atoms with Crippen molar-refractivity contribution in [3.05, 3.63) is 156 Å². The number of nitrogens with zero attached hydrogens (tertiary/aromatic N) is 4. The summed E-state index contributed by atoms with van der Waals surface area (Å²) in [7, 11) is -3.72. The molecule has 1 aliphatic heterocycles. The summed E-state index contributed by atoms with van der Waals surface area (Å²) in [5.41, 5.74) is 2.97. The number of fused-ring (bicyclic) bond motifs is 1. The number of aromatic nitrogens is 4. The fourth-order valence-electron chi connectivity index (χ4n) is 7.16. The van der Waals surface area contributed by atoms with E-state index < -0.39 is 52.4 Å². The summed E-state index contributed by atoms with van der Waals surface area (Å²) in [5.74, 6) is -2.11. The summed E-state index contributed by atoms with van der Waals surface area (Å²) in [5, 5.41) is 6.19. The molecule has 4 atom stereocenters. The highest BCUT2D eigenvalue weighted by Gasteiger charge is 2.54. The molecule has 7 rings (SSSR count). The van der Waals surface area contributed by atoms with Gasteiger partial charge in [-0.25, -0.2) is 37.7 Å². The standard InChI is InChI=1S/C45H47N7O8S/c1-4-46-42(53)38-37(59-44(54)32-21-13-7-14-22-32)39(60-45(55)33-23-15-8-16-24-33)43(58-38)52-28-48-36-40(50-35(51-41(36)52)26-49-61(56,57)27-29(2)3)47-25-34(30-17-9-5-10-18-30)31-19-11-6-12-20-31/h5-24,28-29,34,37-39,43,49H,4,25-27H2,1-3H3,(H,46,53)(H,47,50,51). The Morgan fingerprint density at radius 1 is 0.770 bits per heavy atom. The Hall–Kier alpha value is -6.49. The third-order valence-corrected chi connectivity index (χ3v) is 11.6. The summed E-state index contributed by atoms with van der Waals surface area (Å²) in [6.45, 7) is 5.67. The van der Waals surface area contributed by atoms with E-state index in [2.05, 4.69) is 15.4 Å². The average Bonchev–Trinajstić information content (AvgIpc) is 3.85. The van der Waals surface area contributed by atoms with Crippen LogP contribution in [0, 0.1) is 5.92 Å². The molecule has 3 N–H and O–H groups in total. The van der Waals surface area contributed by atoms with Gasteiger partial charge in [0.25, 0.3) is 5.91 Å². The van der Waals surface area contributed by atoms with Crippen molar-refractivity contribution in [2.75, 3.05) is 24.2 Å². The van der Waals surface area contributed by atoms with Crippen molar-refractivity contribution in [1.82, 2.24) is 29.6 Å². The van der Waals surface area contributed by atoms with Gasteiger partial charge < -0.3 is 24.8 Å². The Kier molecular flexibility index (Phi) is 13.5. The Balaban J connectivity index is 1.32. The molecule has 0 radical (unpaired) electrons. The van der Waals surface area contributed by atoms with Crippen LogP contribution in [-0.4, -0.2) is 82.9 Å². The van der Waals surface area contributed by atoms with Crippen molar-refractivity contribution in [2.45, 2.75) is 57.8 Å². The third-order valence-electron chi connectivity index (χ3n) is 9.93. The van der Waals surface area contributed by atoms with Gasteiger partial charge >= 0.3 is 11.9 Å². The Morgan fingerprint density at radius 2 is 1.31 bits per heavy atom. The molecule has 3 heterocycles. The van der Waals surface area contributed by atoms with Crippen molar-refractivity contribution in [2.24, 2.45) is 5.92 Å². The Labute approximate surface area is 353 Å². The van der Waals surface area contributed by atoms with E-state index in [0.29, 0.717) is 12.4 Å². The van der Waals surface area contributed by atoms with E-state index in [-0.39, 0.29) is 58.8 Å². The number of carbonyl (C=O) groups is 3. The van der Waals surface area contributed by atoms with E-state index >= 15 is 0 Å². The first kappa shape index (κ1) is 42.6. The minimum Gasteiger partial charge on any atom is -0.451 e. The highest BCUT2D eigenvalue weighted by molar-refractivity contribution is 7.89. The summed E-state index contributed by atoms with van der Waals surface area (Å²) < 4.78 is 48.7. The second kappa shape index (κ2) is 19.3. The van der Waals surface area contributed by atoms with Crippen molar-refractivity contribution >= 4 is 44.9 Å². The predicted octanol–water partition coefficient (Wildman–Crippen LogP) is 5.63. The van der Waals surface area contributed by atoms with E-state index in [1.165, 1.54) is 10.9 Å². The molecule has 1 fully saturated rings. The maximum absolute atomic E-state index is 13.8. The number of rotatable bonds is 17. The number of likely N-dealkylation sites (N-methyl/N-ethyl adjacent to an activating group) is 1. The number of imidazole rings is 1. The fourth-order valence-corrected chi connectivity index (χ4v) is 8.50. The zero-order chi connectivity index (χ0) is 42.9. The first-order valence-corrected chi connectivity index (χ1v) is 21.7. The highest BCUT2D eigenvalue weighted by atomic mass is 32.2. The molecular formula is C45H47N7O8S. The van der Waals surface area contributed by atoms with Crippen LogP contribution in [0.25, 0.3) is 11.2 Å². The molecule has 61 heavy (non-hydrogen) atoms. The van der Waals surface area contributed by atoms with Gasteiger partial charge in [0.15, 0.2) is 41.5 Å². The molecule has 2 aromatic heterocycles. The van der Waals surface area contributed by atoms with Crippen LogP contribution in [-0.2, 0) is 35.6 Å². The van der Waals surface area contributed by atoms with Crippen LogP contribution in [0.4, 0.5) is 5.82 Å². The molecule has 6 aromatic rings. The maximum Gasteiger partial charge on any atom is 0.338 e. The zero-order valence-corrected chi connectivity index (χ0v) is 34.7. The maximum atomic E-state index is 13.8. The van der Waals surface area contributed by atoms with Crippen molar-refractivity contribution in [3.63, 3.8) is 0 Å². The van der Waals surface area contributed by atoms with Crippen LogP contribution in [0.2, 0.25) is 0 Å². The van der Waals surface area contributed by atoms with E-state index in [0.717, 1.165) is 11.1 Å². The van der Waals surface area contributed by atoms with E-state index in [1.807, 2.05) is 60.7 Å². The number of ether oxygens (including phenoxy) is 3. The van der Waals surface area contributed by atoms with Crippen LogP contribution >= 0.6 is 0 Å². The van der Waals surface area contributed by atoms with Gasteiger partial charge in [-0.15, -0.1) is 0 Å². The first-order chi connectivity index (χ1) is 29.5. The van der Waals surface area contributed by atoms with Gasteiger partial charge in [-0.3, -0.25) is 9.36 Å². The molecule has 0 saturated carbocycles. The normalized spacial score (nSPS) is 17.7. The SMILES string of the molecule is CCNC(=O)C1OC(n2cnc3c(NCC(c4ccccc4)c4ccccc4)nc(CNS(=O)(=O)CC(C)C)nc32)C(OC(=O)c2ccccc2)C1OC(=O)c1ccccc1. The molecule has 1 saturated heterocycles. The molecule has 4 aromatic carbocycles. The summed E-state index contributed by atoms with van der Waals surface area (Å²) >= 11 is 0. The van der Waals surface area contributed by atoms with Crippen LogP contribution in [0.15, 0.2) is 128 Å². The largest absolute Gasteiger partial charge is 0.451 e. The quantitative estimate of drug-likeness (QED) is 0.0961. The van der Waals surface area contributed by atoms with Gasteiger partial charge in [-0.05, 0) is 48.2 Å². The van der Waals surface area contributed by atoms with Gasteiger partial charge in [0, 0.05) is 19.0 Å². The van der Waals surface area contributed by atoms with Gasteiger partial charge in [-0.2, -0.15) is 0 Å². The summed E-state index contributed by atoms with van der Waals surface area (Å²) in [4.78, 5) is 55.3. The van der Waals surface area contributed by atoms with Crippen LogP contribution in [0.1, 0.15) is 70.6 Å². The van der Waals surface area contributed by atoms with Gasteiger partial charge in [0.1, 0.15) is 5.82 Å². The lowest BCUT2D eigenvalue weighted by atomic mass is 9.91. The lowest BCUT2D eigenvalue weighted by molar-refractivity contribution is -0.137. The second-order valence-corrected chi connectivity index (χ2v) is 16.7. The molecule has 316 valence electrons. The average molecular weight is 846 g/mol. The van der Waals surface area contributed by atoms with Crippen molar-refractivity contribution < 1.29 is 37.0 Å². The number of nitrogens with one attached hydrogen (secondary N) is 3. The number of esters is 2. The van der Waals surface area contributed by atoms with Gasteiger partial charge in [0.2, 0.25) is 10.0 Å². The number of anilines is 1. The number of benzene rings is 4. The molecule has 15 nitrogen and oxygen atoms in total. The van der Waals surface area contributed by atoms with Crippen molar-refractivity contribution in [3.8, 4) is 0 Å².